The van der Waals surface area contributed by atoms with Gasteiger partial charge in [-0.2, -0.15) is 22.0 Å². The highest BCUT2D eigenvalue weighted by Crippen LogP contribution is 2.45. The standard InChI is InChI=1S/C24H19F5N2O4/c1-13-6-9-18(20(10-13)34-2)35-19-12-15(23(25,26)24(27,28)29)7-8-17(19)22(33)31-16-5-3-4-14(11-16)21(30)32/h3-12H,1-2H3,(H2,30,32)(H,31,33). The number of alkyl halides is 5. The number of halogens is 5. The number of methoxy groups -OCH3 is 1. The third-order valence-electron chi connectivity index (χ3n) is 4.89. The molecule has 3 rings (SSSR count). The summed E-state index contributed by atoms with van der Waals surface area (Å²) in [5.41, 5.74) is 4.44. The van der Waals surface area contributed by atoms with Crippen LogP contribution in [0.4, 0.5) is 27.6 Å². The molecule has 11 heteroatoms. The van der Waals surface area contributed by atoms with E-state index in [-0.39, 0.29) is 28.3 Å². The molecule has 0 bridgehead atoms. The van der Waals surface area contributed by atoms with E-state index in [1.54, 1.807) is 19.1 Å². The van der Waals surface area contributed by atoms with Gasteiger partial charge in [0.1, 0.15) is 5.75 Å². The highest BCUT2D eigenvalue weighted by molar-refractivity contribution is 6.07. The minimum atomic E-state index is -5.87. The number of benzene rings is 3. The molecule has 35 heavy (non-hydrogen) atoms. The number of nitrogens with one attached hydrogen (secondary N) is 1. The summed E-state index contributed by atoms with van der Waals surface area (Å²) in [6, 6.07) is 11.8. The van der Waals surface area contributed by atoms with Gasteiger partial charge in [0.05, 0.1) is 12.7 Å². The zero-order valence-electron chi connectivity index (χ0n) is 18.4. The van der Waals surface area contributed by atoms with E-state index in [1.807, 2.05) is 0 Å². The number of rotatable bonds is 7. The molecule has 0 saturated carbocycles. The second-order valence-electron chi connectivity index (χ2n) is 7.44. The number of ether oxygens (including phenoxy) is 2. The summed E-state index contributed by atoms with van der Waals surface area (Å²) in [4.78, 5) is 24.3. The van der Waals surface area contributed by atoms with Crippen molar-refractivity contribution >= 4 is 17.5 Å². The molecule has 2 amide bonds. The summed E-state index contributed by atoms with van der Waals surface area (Å²) in [7, 11) is 1.31. The lowest BCUT2D eigenvalue weighted by molar-refractivity contribution is -0.289. The van der Waals surface area contributed by atoms with E-state index in [0.717, 1.165) is 11.6 Å². The van der Waals surface area contributed by atoms with Crippen LogP contribution >= 0.6 is 0 Å². The lowest BCUT2D eigenvalue weighted by Gasteiger charge is -2.21. The third kappa shape index (κ3) is 5.51. The molecule has 0 atom stereocenters. The van der Waals surface area contributed by atoms with Gasteiger partial charge in [0.15, 0.2) is 11.5 Å². The van der Waals surface area contributed by atoms with Crippen LogP contribution in [0.15, 0.2) is 60.7 Å². The van der Waals surface area contributed by atoms with Crippen molar-refractivity contribution in [3.05, 3.63) is 82.9 Å². The number of hydrogen-bond acceptors (Lipinski definition) is 4. The average molecular weight is 494 g/mol. The van der Waals surface area contributed by atoms with Gasteiger partial charge in [0, 0.05) is 16.8 Å². The van der Waals surface area contributed by atoms with Gasteiger partial charge < -0.3 is 20.5 Å². The third-order valence-corrected chi connectivity index (χ3v) is 4.89. The van der Waals surface area contributed by atoms with Crippen LogP contribution in [0.5, 0.6) is 17.2 Å². The van der Waals surface area contributed by atoms with E-state index in [9.17, 15) is 31.5 Å². The van der Waals surface area contributed by atoms with E-state index in [2.05, 4.69) is 5.32 Å². The quantitative estimate of drug-likeness (QED) is 0.406. The Morgan fingerprint density at radius 1 is 0.886 bits per heavy atom. The molecule has 0 heterocycles. The molecule has 0 unspecified atom stereocenters. The van der Waals surface area contributed by atoms with Gasteiger partial charge >= 0.3 is 12.1 Å². The number of aryl methyl sites for hydroxylation is 1. The van der Waals surface area contributed by atoms with E-state index in [4.69, 9.17) is 15.2 Å². The Kier molecular flexibility index (Phi) is 6.99. The van der Waals surface area contributed by atoms with Crippen LogP contribution in [0, 0.1) is 6.92 Å². The van der Waals surface area contributed by atoms with Crippen LogP contribution < -0.4 is 20.5 Å². The molecule has 0 saturated heterocycles. The van der Waals surface area contributed by atoms with Crippen LogP contribution in [0.25, 0.3) is 0 Å². The minimum Gasteiger partial charge on any atom is -0.493 e. The number of hydrogen-bond donors (Lipinski definition) is 2. The number of primary amides is 1. The normalized spacial score (nSPS) is 11.6. The van der Waals surface area contributed by atoms with E-state index < -0.39 is 35.2 Å². The highest BCUT2D eigenvalue weighted by atomic mass is 19.4. The number of anilines is 1. The van der Waals surface area contributed by atoms with Crippen molar-refractivity contribution in [2.45, 2.75) is 19.0 Å². The lowest BCUT2D eigenvalue weighted by Crippen LogP contribution is -2.33. The number of carbonyl (C=O) groups is 2. The van der Waals surface area contributed by atoms with Crippen LogP contribution in [-0.4, -0.2) is 25.1 Å². The van der Waals surface area contributed by atoms with E-state index in [1.165, 1.54) is 37.4 Å². The summed E-state index contributed by atoms with van der Waals surface area (Å²) < 4.78 is 77.7. The van der Waals surface area contributed by atoms with Crippen LogP contribution in [0.3, 0.4) is 0 Å². The molecule has 0 fully saturated rings. The van der Waals surface area contributed by atoms with Gasteiger partial charge in [0.25, 0.3) is 5.91 Å². The average Bonchev–Trinajstić information content (AvgIpc) is 2.79. The van der Waals surface area contributed by atoms with Gasteiger partial charge in [-0.05, 0) is 55.0 Å². The van der Waals surface area contributed by atoms with Crippen molar-refractivity contribution < 1.29 is 41.0 Å². The Labute approximate surface area is 196 Å². The molecule has 0 radical (unpaired) electrons. The predicted molar refractivity (Wildman–Crippen MR) is 117 cm³/mol. The first kappa shape index (κ1) is 25.5. The van der Waals surface area contributed by atoms with Crippen molar-refractivity contribution in [1.82, 2.24) is 0 Å². The topological polar surface area (TPSA) is 90.7 Å². The van der Waals surface area contributed by atoms with Gasteiger partial charge in [-0.1, -0.05) is 18.2 Å². The van der Waals surface area contributed by atoms with E-state index in [0.29, 0.717) is 12.1 Å². The smallest absolute Gasteiger partial charge is 0.458 e. The first-order valence-electron chi connectivity index (χ1n) is 9.96. The Morgan fingerprint density at radius 3 is 2.23 bits per heavy atom. The highest BCUT2D eigenvalue weighted by Gasteiger charge is 2.58. The fourth-order valence-electron chi connectivity index (χ4n) is 3.08. The Morgan fingerprint density at radius 2 is 1.60 bits per heavy atom. The fraction of sp³-hybridized carbons (Fsp3) is 0.167. The van der Waals surface area contributed by atoms with Crippen LogP contribution in [0.2, 0.25) is 0 Å². The largest absolute Gasteiger partial charge is 0.493 e. The first-order chi connectivity index (χ1) is 16.3. The van der Waals surface area contributed by atoms with Crippen LogP contribution in [0.1, 0.15) is 31.8 Å². The fourth-order valence-corrected chi connectivity index (χ4v) is 3.08. The van der Waals surface area contributed by atoms with Crippen molar-refractivity contribution in [3.63, 3.8) is 0 Å². The molecule has 3 N–H and O–H groups in total. The minimum absolute atomic E-state index is 0.0182. The maximum atomic E-state index is 14.0. The molecule has 0 aliphatic rings. The van der Waals surface area contributed by atoms with Gasteiger partial charge in [-0.25, -0.2) is 0 Å². The number of nitrogens with two attached hydrogens (primary N) is 1. The maximum absolute atomic E-state index is 14.0. The summed E-state index contributed by atoms with van der Waals surface area (Å²) >= 11 is 0. The number of carbonyl (C=O) groups excluding carboxylic acids is 2. The first-order valence-corrected chi connectivity index (χ1v) is 9.96. The van der Waals surface area contributed by atoms with Crippen molar-refractivity contribution in [3.8, 4) is 17.2 Å². The molecule has 6 nitrogen and oxygen atoms in total. The van der Waals surface area contributed by atoms with Crippen molar-refractivity contribution in [2.75, 3.05) is 12.4 Å². The van der Waals surface area contributed by atoms with Gasteiger partial charge in [-0.3, -0.25) is 9.59 Å². The molecule has 0 aliphatic heterocycles. The lowest BCUT2D eigenvalue weighted by atomic mass is 10.0. The number of amides is 2. The summed E-state index contributed by atoms with van der Waals surface area (Å²) in [5.74, 6) is -7.27. The van der Waals surface area contributed by atoms with Crippen molar-refractivity contribution in [1.29, 1.82) is 0 Å². The predicted octanol–water partition coefficient (Wildman–Crippen LogP) is 5.80. The van der Waals surface area contributed by atoms with Crippen LogP contribution in [-0.2, 0) is 5.92 Å². The zero-order chi connectivity index (χ0) is 26.0. The van der Waals surface area contributed by atoms with Gasteiger partial charge in [0.2, 0.25) is 5.91 Å². The monoisotopic (exact) mass is 494 g/mol. The molecule has 0 aromatic heterocycles. The van der Waals surface area contributed by atoms with E-state index >= 15 is 0 Å². The molecule has 184 valence electrons. The second-order valence-corrected chi connectivity index (χ2v) is 7.44. The summed E-state index contributed by atoms with van der Waals surface area (Å²) in [6.07, 6.45) is -5.87. The zero-order valence-corrected chi connectivity index (χ0v) is 18.4. The Hall–Kier alpha value is -4.15. The molecular weight excluding hydrogens is 475 g/mol. The molecule has 3 aromatic carbocycles. The SMILES string of the molecule is COc1cc(C)ccc1Oc1cc(C(F)(F)C(F)(F)F)ccc1C(=O)Nc1cccc(C(N)=O)c1. The summed E-state index contributed by atoms with van der Waals surface area (Å²) in [5, 5.41) is 2.44. The molecule has 0 aliphatic carbocycles. The van der Waals surface area contributed by atoms with Gasteiger partial charge in [-0.15, -0.1) is 0 Å². The summed E-state index contributed by atoms with van der Waals surface area (Å²) in [6.45, 7) is 1.75. The molecular formula is C24H19F5N2O4. The molecule has 0 spiro atoms. The maximum Gasteiger partial charge on any atom is 0.458 e. The Balaban J connectivity index is 2.07. The van der Waals surface area contributed by atoms with Crippen molar-refractivity contribution in [2.24, 2.45) is 5.73 Å². The second kappa shape index (κ2) is 9.61. The Bertz CT molecular complexity index is 1280. The molecule has 3 aromatic rings.